The normalized spacial score (nSPS) is 23.7. The molecule has 0 bridgehead atoms. The van der Waals surface area contributed by atoms with Crippen molar-refractivity contribution in [3.8, 4) is 0 Å². The van der Waals surface area contributed by atoms with Crippen LogP contribution in [0.4, 0.5) is 0 Å². The van der Waals surface area contributed by atoms with Crippen LogP contribution >= 0.6 is 11.6 Å². The molecular formula is C12H15Cl. The van der Waals surface area contributed by atoms with E-state index < -0.39 is 0 Å². The molecule has 0 spiro atoms. The van der Waals surface area contributed by atoms with Gasteiger partial charge in [0.05, 0.1) is 0 Å². The van der Waals surface area contributed by atoms with Crippen molar-refractivity contribution in [3.63, 3.8) is 0 Å². The lowest BCUT2D eigenvalue weighted by molar-refractivity contribution is 0.451. The largest absolute Gasteiger partial charge is 0.123 e. The van der Waals surface area contributed by atoms with E-state index >= 15 is 0 Å². The van der Waals surface area contributed by atoms with Crippen molar-refractivity contribution in [2.75, 3.05) is 0 Å². The molecule has 70 valence electrons. The fraction of sp³-hybridized carbons (Fsp3) is 0.500. The molecule has 0 fully saturated rings. The predicted octanol–water partition coefficient (Wildman–Crippen LogP) is 3.42. The minimum Gasteiger partial charge on any atom is -0.123 e. The maximum atomic E-state index is 6.12. The summed E-state index contributed by atoms with van der Waals surface area (Å²) >= 11 is 6.12. The van der Waals surface area contributed by atoms with E-state index in [1.54, 1.807) is 0 Å². The number of hydrogen-bond acceptors (Lipinski definition) is 0. The van der Waals surface area contributed by atoms with Gasteiger partial charge < -0.3 is 0 Å². The first-order chi connectivity index (χ1) is 6.27. The van der Waals surface area contributed by atoms with Crippen molar-refractivity contribution >= 4 is 11.6 Å². The molecule has 1 aliphatic carbocycles. The SMILES string of the molecule is CC(Cl)C1CCc2ccccc2C1. The van der Waals surface area contributed by atoms with Gasteiger partial charge in [-0.3, -0.25) is 0 Å². The predicted molar refractivity (Wildman–Crippen MR) is 57.3 cm³/mol. The number of aryl methyl sites for hydroxylation is 1. The molecule has 2 rings (SSSR count). The molecule has 2 unspecified atom stereocenters. The third-order valence-corrected chi connectivity index (χ3v) is 3.39. The van der Waals surface area contributed by atoms with E-state index in [2.05, 4.69) is 31.2 Å². The highest BCUT2D eigenvalue weighted by Crippen LogP contribution is 2.29. The van der Waals surface area contributed by atoms with Crippen LogP contribution in [0.2, 0.25) is 0 Å². The lowest BCUT2D eigenvalue weighted by Gasteiger charge is -2.26. The Morgan fingerprint density at radius 1 is 1.31 bits per heavy atom. The van der Waals surface area contributed by atoms with Crippen molar-refractivity contribution in [2.24, 2.45) is 5.92 Å². The average molecular weight is 195 g/mol. The van der Waals surface area contributed by atoms with Crippen LogP contribution < -0.4 is 0 Å². The Morgan fingerprint density at radius 3 is 2.69 bits per heavy atom. The molecule has 1 aromatic rings. The minimum absolute atomic E-state index is 0.313. The quantitative estimate of drug-likeness (QED) is 0.601. The Morgan fingerprint density at radius 2 is 2.00 bits per heavy atom. The summed E-state index contributed by atoms with van der Waals surface area (Å²) in [5.41, 5.74) is 3.03. The van der Waals surface area contributed by atoms with Crippen molar-refractivity contribution < 1.29 is 0 Å². The molecule has 0 N–H and O–H groups in total. The molecule has 0 aromatic heterocycles. The van der Waals surface area contributed by atoms with Crippen LogP contribution in [0.3, 0.4) is 0 Å². The first-order valence-corrected chi connectivity index (χ1v) is 5.42. The van der Waals surface area contributed by atoms with E-state index in [4.69, 9.17) is 11.6 Å². The van der Waals surface area contributed by atoms with Crippen LogP contribution in [0.5, 0.6) is 0 Å². The van der Waals surface area contributed by atoms with Crippen molar-refractivity contribution in [3.05, 3.63) is 35.4 Å². The number of halogens is 1. The standard InChI is InChI=1S/C12H15Cl/c1-9(13)11-7-6-10-4-2-3-5-12(10)8-11/h2-5,9,11H,6-8H2,1H3. The van der Waals surface area contributed by atoms with E-state index in [1.165, 1.54) is 30.4 Å². The van der Waals surface area contributed by atoms with Crippen molar-refractivity contribution in [2.45, 2.75) is 31.6 Å². The molecule has 1 heteroatoms. The van der Waals surface area contributed by atoms with Crippen LogP contribution in [0, 0.1) is 5.92 Å². The average Bonchev–Trinajstić information content (AvgIpc) is 2.17. The molecule has 0 heterocycles. The Kier molecular flexibility index (Phi) is 2.59. The molecule has 0 saturated carbocycles. The maximum Gasteiger partial charge on any atom is 0.0339 e. The lowest BCUT2D eigenvalue weighted by atomic mass is 9.82. The van der Waals surface area contributed by atoms with E-state index in [1.807, 2.05) is 0 Å². The van der Waals surface area contributed by atoms with Crippen LogP contribution in [-0.2, 0) is 12.8 Å². The Bertz CT molecular complexity index is 291. The second kappa shape index (κ2) is 3.71. The van der Waals surface area contributed by atoms with Gasteiger partial charge in [-0.15, -0.1) is 11.6 Å². The topological polar surface area (TPSA) is 0 Å². The van der Waals surface area contributed by atoms with E-state index in [9.17, 15) is 0 Å². The van der Waals surface area contributed by atoms with Gasteiger partial charge in [0.25, 0.3) is 0 Å². The monoisotopic (exact) mass is 194 g/mol. The smallest absolute Gasteiger partial charge is 0.0339 e. The number of hydrogen-bond donors (Lipinski definition) is 0. The molecule has 1 aliphatic rings. The van der Waals surface area contributed by atoms with Crippen LogP contribution in [-0.4, -0.2) is 5.38 Å². The summed E-state index contributed by atoms with van der Waals surface area (Å²) in [6.45, 7) is 2.11. The number of alkyl halides is 1. The Hall–Kier alpha value is -0.490. The van der Waals surface area contributed by atoms with Crippen molar-refractivity contribution in [1.82, 2.24) is 0 Å². The Balaban J connectivity index is 2.20. The van der Waals surface area contributed by atoms with Crippen LogP contribution in [0.15, 0.2) is 24.3 Å². The highest BCUT2D eigenvalue weighted by atomic mass is 35.5. The Labute approximate surface area is 84.9 Å². The third kappa shape index (κ3) is 1.88. The summed E-state index contributed by atoms with van der Waals surface area (Å²) in [7, 11) is 0. The number of rotatable bonds is 1. The molecule has 0 nitrogen and oxygen atoms in total. The summed E-state index contributed by atoms with van der Waals surface area (Å²) < 4.78 is 0. The molecule has 0 aliphatic heterocycles. The molecule has 0 saturated heterocycles. The molecular weight excluding hydrogens is 180 g/mol. The maximum absolute atomic E-state index is 6.12. The first kappa shape index (κ1) is 9.08. The van der Waals surface area contributed by atoms with Gasteiger partial charge in [-0.25, -0.2) is 0 Å². The molecule has 1 aromatic carbocycles. The van der Waals surface area contributed by atoms with Gasteiger partial charge in [0, 0.05) is 5.38 Å². The van der Waals surface area contributed by atoms with Gasteiger partial charge in [-0.2, -0.15) is 0 Å². The van der Waals surface area contributed by atoms with Gasteiger partial charge in [0.15, 0.2) is 0 Å². The summed E-state index contributed by atoms with van der Waals surface area (Å²) in [4.78, 5) is 0. The lowest BCUT2D eigenvalue weighted by Crippen LogP contribution is -2.20. The highest BCUT2D eigenvalue weighted by molar-refractivity contribution is 6.20. The zero-order chi connectivity index (χ0) is 9.26. The van der Waals surface area contributed by atoms with E-state index in [0.717, 1.165) is 0 Å². The summed E-state index contributed by atoms with van der Waals surface area (Å²) in [6, 6.07) is 8.73. The number of benzene rings is 1. The molecule has 2 atom stereocenters. The van der Waals surface area contributed by atoms with Gasteiger partial charge in [-0.1, -0.05) is 24.3 Å². The van der Waals surface area contributed by atoms with E-state index in [0.29, 0.717) is 11.3 Å². The number of fused-ring (bicyclic) bond motifs is 1. The van der Waals surface area contributed by atoms with Crippen LogP contribution in [0.25, 0.3) is 0 Å². The van der Waals surface area contributed by atoms with E-state index in [-0.39, 0.29) is 0 Å². The fourth-order valence-corrected chi connectivity index (χ4v) is 2.33. The summed E-state index contributed by atoms with van der Waals surface area (Å²) in [5, 5.41) is 0.313. The van der Waals surface area contributed by atoms with Gasteiger partial charge in [-0.05, 0) is 43.2 Å². The van der Waals surface area contributed by atoms with Gasteiger partial charge in [0.2, 0.25) is 0 Å². The molecule has 0 radical (unpaired) electrons. The summed E-state index contributed by atoms with van der Waals surface area (Å²) in [6.07, 6.45) is 3.63. The second-order valence-corrected chi connectivity index (χ2v) is 4.64. The molecule has 13 heavy (non-hydrogen) atoms. The molecule has 0 amide bonds. The zero-order valence-electron chi connectivity index (χ0n) is 7.96. The summed E-state index contributed by atoms with van der Waals surface area (Å²) in [5.74, 6) is 0.677. The van der Waals surface area contributed by atoms with Gasteiger partial charge >= 0.3 is 0 Å². The van der Waals surface area contributed by atoms with Gasteiger partial charge in [0.1, 0.15) is 0 Å². The first-order valence-electron chi connectivity index (χ1n) is 4.98. The van der Waals surface area contributed by atoms with Crippen LogP contribution in [0.1, 0.15) is 24.5 Å². The zero-order valence-corrected chi connectivity index (χ0v) is 8.72. The third-order valence-electron chi connectivity index (χ3n) is 3.03. The fourth-order valence-electron chi connectivity index (χ4n) is 2.12. The minimum atomic E-state index is 0.313. The highest BCUT2D eigenvalue weighted by Gasteiger charge is 2.21. The second-order valence-electron chi connectivity index (χ2n) is 3.95. The van der Waals surface area contributed by atoms with Crippen molar-refractivity contribution in [1.29, 1.82) is 0 Å².